The maximum Gasteiger partial charge on any atom is 0.123 e. The lowest BCUT2D eigenvalue weighted by Crippen LogP contribution is -2.47. The van der Waals surface area contributed by atoms with E-state index < -0.39 is 0 Å². The Morgan fingerprint density at radius 2 is 1.59 bits per heavy atom. The lowest BCUT2D eigenvalue weighted by molar-refractivity contribution is 0.238. The molecule has 4 N–H and O–H groups in total. The van der Waals surface area contributed by atoms with Crippen LogP contribution in [0.1, 0.15) is 12.8 Å². The predicted molar refractivity (Wildman–Crippen MR) is 68.4 cm³/mol. The van der Waals surface area contributed by atoms with Crippen molar-refractivity contribution in [1.82, 2.24) is 0 Å². The fourth-order valence-electron chi connectivity index (χ4n) is 2.38. The van der Waals surface area contributed by atoms with Crippen molar-refractivity contribution in [1.29, 1.82) is 0 Å². The molecule has 17 heavy (non-hydrogen) atoms. The second-order valence-electron chi connectivity index (χ2n) is 4.87. The van der Waals surface area contributed by atoms with Gasteiger partial charge in [-0.2, -0.15) is 0 Å². The molecule has 94 valence electrons. The van der Waals surface area contributed by atoms with Gasteiger partial charge in [-0.05, 0) is 55.6 Å². The van der Waals surface area contributed by atoms with Crippen LogP contribution < -0.4 is 16.4 Å². The summed E-state index contributed by atoms with van der Waals surface area (Å²) in [6.45, 7) is 3.20. The fourth-order valence-corrected chi connectivity index (χ4v) is 2.38. The van der Waals surface area contributed by atoms with Crippen LogP contribution >= 0.6 is 0 Å². The third kappa shape index (κ3) is 2.58. The van der Waals surface area contributed by atoms with Crippen LogP contribution in [-0.4, -0.2) is 26.2 Å². The van der Waals surface area contributed by atoms with Gasteiger partial charge in [0.2, 0.25) is 0 Å². The monoisotopic (exact) mass is 237 g/mol. The van der Waals surface area contributed by atoms with Crippen LogP contribution in [0.5, 0.6) is 0 Å². The molecule has 0 saturated carbocycles. The summed E-state index contributed by atoms with van der Waals surface area (Å²) in [5.74, 6) is -0.191. The van der Waals surface area contributed by atoms with Crippen LogP contribution in [0.15, 0.2) is 24.3 Å². The molecule has 0 bridgehead atoms. The van der Waals surface area contributed by atoms with E-state index in [1.807, 2.05) is 12.1 Å². The number of hydrogen-bond donors (Lipinski definition) is 2. The third-order valence-electron chi connectivity index (χ3n) is 3.88. The topological polar surface area (TPSA) is 55.3 Å². The van der Waals surface area contributed by atoms with E-state index in [4.69, 9.17) is 11.5 Å². The number of rotatable bonds is 3. The number of anilines is 1. The van der Waals surface area contributed by atoms with Crippen molar-refractivity contribution in [2.24, 2.45) is 16.9 Å². The normalized spacial score (nSPS) is 19.4. The molecule has 0 aliphatic carbocycles. The molecule has 4 heteroatoms. The van der Waals surface area contributed by atoms with Crippen molar-refractivity contribution in [3.63, 3.8) is 0 Å². The lowest BCUT2D eigenvalue weighted by atomic mass is 9.78. The van der Waals surface area contributed by atoms with Crippen LogP contribution in [0.3, 0.4) is 0 Å². The van der Waals surface area contributed by atoms with Crippen LogP contribution in [0.4, 0.5) is 10.1 Å². The number of benzene rings is 1. The molecule has 0 spiro atoms. The van der Waals surface area contributed by atoms with Crippen molar-refractivity contribution >= 4 is 5.69 Å². The Bertz CT molecular complexity index is 349. The molecule has 1 aliphatic heterocycles. The Balaban J connectivity index is 2.01. The quantitative estimate of drug-likeness (QED) is 0.834. The van der Waals surface area contributed by atoms with Crippen molar-refractivity contribution in [2.75, 3.05) is 31.1 Å². The molecule has 1 saturated heterocycles. The van der Waals surface area contributed by atoms with E-state index in [-0.39, 0.29) is 11.2 Å². The van der Waals surface area contributed by atoms with Gasteiger partial charge in [0, 0.05) is 18.8 Å². The molecule has 0 radical (unpaired) electrons. The zero-order valence-corrected chi connectivity index (χ0v) is 10.0. The molecule has 1 aliphatic rings. The Kier molecular flexibility index (Phi) is 3.64. The minimum absolute atomic E-state index is 0.108. The Hall–Kier alpha value is -1.13. The average molecular weight is 237 g/mol. The molecule has 0 atom stereocenters. The van der Waals surface area contributed by atoms with Gasteiger partial charge in [-0.3, -0.25) is 0 Å². The first-order valence-electron chi connectivity index (χ1n) is 6.10. The highest BCUT2D eigenvalue weighted by molar-refractivity contribution is 5.46. The number of nitrogens with zero attached hydrogens (tertiary/aromatic N) is 1. The largest absolute Gasteiger partial charge is 0.371 e. The van der Waals surface area contributed by atoms with E-state index >= 15 is 0 Å². The van der Waals surface area contributed by atoms with Crippen molar-refractivity contribution in [2.45, 2.75) is 12.8 Å². The van der Waals surface area contributed by atoms with E-state index in [0.29, 0.717) is 13.1 Å². The standard InChI is InChI=1S/C13H20FN3/c14-11-1-3-12(4-2-11)17-7-5-13(9-15,10-16)6-8-17/h1-4H,5-10,15-16H2. The van der Waals surface area contributed by atoms with Crippen LogP contribution in [0.25, 0.3) is 0 Å². The highest BCUT2D eigenvalue weighted by atomic mass is 19.1. The van der Waals surface area contributed by atoms with Gasteiger partial charge in [0.1, 0.15) is 5.82 Å². The lowest BCUT2D eigenvalue weighted by Gasteiger charge is -2.41. The molecular weight excluding hydrogens is 217 g/mol. The maximum absolute atomic E-state index is 12.8. The number of piperidine rings is 1. The van der Waals surface area contributed by atoms with Gasteiger partial charge >= 0.3 is 0 Å². The first-order valence-corrected chi connectivity index (χ1v) is 6.10. The van der Waals surface area contributed by atoms with Gasteiger partial charge in [-0.25, -0.2) is 4.39 Å². The number of nitrogens with two attached hydrogens (primary N) is 2. The molecule has 0 unspecified atom stereocenters. The van der Waals surface area contributed by atoms with Gasteiger partial charge in [-0.1, -0.05) is 0 Å². The Labute approximate surface area is 102 Å². The fraction of sp³-hybridized carbons (Fsp3) is 0.538. The Morgan fingerprint density at radius 3 is 2.06 bits per heavy atom. The van der Waals surface area contributed by atoms with E-state index in [0.717, 1.165) is 31.6 Å². The second kappa shape index (κ2) is 5.02. The highest BCUT2D eigenvalue weighted by Crippen LogP contribution is 2.31. The van der Waals surface area contributed by atoms with E-state index in [1.165, 1.54) is 12.1 Å². The molecule has 1 fully saturated rings. The molecule has 3 nitrogen and oxygen atoms in total. The summed E-state index contributed by atoms with van der Waals surface area (Å²) in [5, 5.41) is 0. The first kappa shape index (κ1) is 12.3. The summed E-state index contributed by atoms with van der Waals surface area (Å²) in [4.78, 5) is 2.27. The van der Waals surface area contributed by atoms with Crippen LogP contribution in [-0.2, 0) is 0 Å². The third-order valence-corrected chi connectivity index (χ3v) is 3.88. The van der Waals surface area contributed by atoms with Crippen LogP contribution in [0.2, 0.25) is 0 Å². The van der Waals surface area contributed by atoms with Gasteiger partial charge in [0.25, 0.3) is 0 Å². The Morgan fingerprint density at radius 1 is 1.06 bits per heavy atom. The highest BCUT2D eigenvalue weighted by Gasteiger charge is 2.31. The average Bonchev–Trinajstić information content (AvgIpc) is 2.40. The van der Waals surface area contributed by atoms with E-state index in [2.05, 4.69) is 4.90 Å². The molecule has 1 heterocycles. The first-order chi connectivity index (χ1) is 8.19. The van der Waals surface area contributed by atoms with Gasteiger partial charge in [-0.15, -0.1) is 0 Å². The smallest absolute Gasteiger partial charge is 0.123 e. The minimum atomic E-state index is -0.191. The molecule has 1 aromatic carbocycles. The minimum Gasteiger partial charge on any atom is -0.371 e. The van der Waals surface area contributed by atoms with Crippen LogP contribution in [0, 0.1) is 11.2 Å². The molecule has 0 aromatic heterocycles. The van der Waals surface area contributed by atoms with Crippen molar-refractivity contribution < 1.29 is 4.39 Å². The number of halogens is 1. The summed E-state index contributed by atoms with van der Waals surface area (Å²) in [7, 11) is 0. The number of hydrogen-bond acceptors (Lipinski definition) is 3. The molecule has 1 aromatic rings. The second-order valence-corrected chi connectivity index (χ2v) is 4.87. The van der Waals surface area contributed by atoms with Crippen molar-refractivity contribution in [3.8, 4) is 0 Å². The SMILES string of the molecule is NCC1(CN)CCN(c2ccc(F)cc2)CC1. The summed E-state index contributed by atoms with van der Waals surface area (Å²) in [6, 6.07) is 6.66. The van der Waals surface area contributed by atoms with Gasteiger partial charge in [0.05, 0.1) is 0 Å². The summed E-state index contributed by atoms with van der Waals surface area (Å²) in [5.41, 5.74) is 12.8. The van der Waals surface area contributed by atoms with E-state index in [9.17, 15) is 4.39 Å². The van der Waals surface area contributed by atoms with E-state index in [1.54, 1.807) is 0 Å². The van der Waals surface area contributed by atoms with Crippen molar-refractivity contribution in [3.05, 3.63) is 30.1 Å². The van der Waals surface area contributed by atoms with Gasteiger partial charge < -0.3 is 16.4 Å². The summed E-state index contributed by atoms with van der Waals surface area (Å²) < 4.78 is 12.8. The predicted octanol–water partition coefficient (Wildman–Crippen LogP) is 1.33. The zero-order chi connectivity index (χ0) is 12.3. The van der Waals surface area contributed by atoms with Gasteiger partial charge in [0.15, 0.2) is 0 Å². The maximum atomic E-state index is 12.8. The molecule has 2 rings (SSSR count). The molecular formula is C13H20FN3. The summed E-state index contributed by atoms with van der Waals surface area (Å²) >= 11 is 0. The zero-order valence-electron chi connectivity index (χ0n) is 10.0. The molecule has 0 amide bonds. The summed E-state index contributed by atoms with van der Waals surface area (Å²) in [6.07, 6.45) is 2.02.